The Morgan fingerprint density at radius 2 is 1.72 bits per heavy atom. The molecule has 4 heteroatoms. The molecule has 1 aliphatic carbocycles. The Balaban J connectivity index is 2.06. The number of hydrogen-bond acceptors (Lipinski definition) is 2. The van der Waals surface area contributed by atoms with Gasteiger partial charge in [0.15, 0.2) is 0 Å². The second kappa shape index (κ2) is 7.39. The molecule has 0 saturated heterocycles. The molecule has 108 valence electrons. The molecule has 1 saturated carbocycles. The van der Waals surface area contributed by atoms with Gasteiger partial charge in [0.1, 0.15) is 0 Å². The summed E-state index contributed by atoms with van der Waals surface area (Å²) in [4.78, 5) is 0. The molecule has 0 aliphatic heterocycles. The van der Waals surface area contributed by atoms with Gasteiger partial charge in [0.2, 0.25) is 5.92 Å². The summed E-state index contributed by atoms with van der Waals surface area (Å²) in [6, 6.07) is 0.409. The Labute approximate surface area is 110 Å². The summed E-state index contributed by atoms with van der Waals surface area (Å²) in [5, 5.41) is 6.85. The van der Waals surface area contributed by atoms with E-state index in [4.69, 9.17) is 0 Å². The van der Waals surface area contributed by atoms with Crippen LogP contribution in [-0.2, 0) is 0 Å². The third-order valence-corrected chi connectivity index (χ3v) is 3.59. The van der Waals surface area contributed by atoms with Crippen molar-refractivity contribution in [3.63, 3.8) is 0 Å². The smallest absolute Gasteiger partial charge is 0.248 e. The maximum atomic E-state index is 13.0. The minimum Gasteiger partial charge on any atom is -0.315 e. The summed E-state index contributed by atoms with van der Waals surface area (Å²) in [6.07, 6.45) is 1.46. The highest BCUT2D eigenvalue weighted by atomic mass is 19.3. The molecule has 0 heterocycles. The summed E-state index contributed by atoms with van der Waals surface area (Å²) in [7, 11) is 0. The van der Waals surface area contributed by atoms with Gasteiger partial charge in [-0.2, -0.15) is 0 Å². The van der Waals surface area contributed by atoms with Crippen molar-refractivity contribution in [2.75, 3.05) is 19.6 Å². The Bertz CT molecular complexity index is 222. The van der Waals surface area contributed by atoms with Crippen LogP contribution in [0.4, 0.5) is 8.78 Å². The molecule has 1 fully saturated rings. The Hall–Kier alpha value is -0.220. The second-order valence-corrected chi connectivity index (χ2v) is 6.16. The third kappa shape index (κ3) is 6.64. The van der Waals surface area contributed by atoms with Crippen LogP contribution in [0.15, 0.2) is 0 Å². The van der Waals surface area contributed by atoms with Crippen LogP contribution in [0.2, 0.25) is 0 Å². The van der Waals surface area contributed by atoms with Crippen molar-refractivity contribution in [2.45, 2.75) is 58.4 Å². The van der Waals surface area contributed by atoms with E-state index in [0.29, 0.717) is 30.7 Å². The highest BCUT2D eigenvalue weighted by Crippen LogP contribution is 2.35. The summed E-state index contributed by atoms with van der Waals surface area (Å²) in [5.41, 5.74) is 0. The number of halogens is 2. The average molecular weight is 262 g/mol. The summed E-state index contributed by atoms with van der Waals surface area (Å²) < 4.78 is 26.0. The van der Waals surface area contributed by atoms with Crippen LogP contribution in [0.5, 0.6) is 0 Å². The lowest BCUT2D eigenvalue weighted by molar-refractivity contribution is -0.0456. The Morgan fingerprint density at radius 3 is 2.28 bits per heavy atom. The van der Waals surface area contributed by atoms with E-state index in [2.05, 4.69) is 31.4 Å². The minimum atomic E-state index is -2.40. The number of alkyl halides is 2. The van der Waals surface area contributed by atoms with Gasteiger partial charge < -0.3 is 10.6 Å². The van der Waals surface area contributed by atoms with Crippen LogP contribution in [0, 0.1) is 11.8 Å². The topological polar surface area (TPSA) is 24.1 Å². The molecule has 0 spiro atoms. The molecule has 0 amide bonds. The van der Waals surface area contributed by atoms with Gasteiger partial charge in [-0.3, -0.25) is 0 Å². The molecular weight excluding hydrogens is 234 g/mol. The first-order chi connectivity index (χ1) is 8.39. The Kier molecular flexibility index (Phi) is 6.50. The lowest BCUT2D eigenvalue weighted by Crippen LogP contribution is -2.40. The SMILES string of the molecule is CC(C)CNCC(C)NCC1CCC(F)(F)CC1. The lowest BCUT2D eigenvalue weighted by atomic mass is 9.86. The fourth-order valence-electron chi connectivity index (χ4n) is 2.33. The molecule has 18 heavy (non-hydrogen) atoms. The van der Waals surface area contributed by atoms with Crippen LogP contribution in [0.25, 0.3) is 0 Å². The normalized spacial score (nSPS) is 22.3. The fourth-order valence-corrected chi connectivity index (χ4v) is 2.33. The maximum Gasteiger partial charge on any atom is 0.248 e. The molecule has 0 radical (unpaired) electrons. The van der Waals surface area contributed by atoms with Gasteiger partial charge >= 0.3 is 0 Å². The van der Waals surface area contributed by atoms with E-state index >= 15 is 0 Å². The van der Waals surface area contributed by atoms with Crippen molar-refractivity contribution in [2.24, 2.45) is 11.8 Å². The zero-order chi connectivity index (χ0) is 13.6. The molecule has 0 aromatic rings. The van der Waals surface area contributed by atoms with Crippen molar-refractivity contribution >= 4 is 0 Å². The molecule has 2 nitrogen and oxygen atoms in total. The predicted octanol–water partition coefficient (Wildman–Crippen LogP) is 3.04. The van der Waals surface area contributed by atoms with E-state index in [1.807, 2.05) is 0 Å². The Morgan fingerprint density at radius 1 is 1.11 bits per heavy atom. The van der Waals surface area contributed by atoms with Gasteiger partial charge in [-0.25, -0.2) is 8.78 Å². The largest absolute Gasteiger partial charge is 0.315 e. The van der Waals surface area contributed by atoms with Crippen LogP contribution in [0.1, 0.15) is 46.5 Å². The zero-order valence-electron chi connectivity index (χ0n) is 11.9. The van der Waals surface area contributed by atoms with Crippen LogP contribution < -0.4 is 10.6 Å². The summed E-state index contributed by atoms with van der Waals surface area (Å²) in [5.74, 6) is -1.31. The van der Waals surface area contributed by atoms with Crippen molar-refractivity contribution < 1.29 is 8.78 Å². The lowest BCUT2D eigenvalue weighted by Gasteiger charge is -2.29. The molecule has 1 unspecified atom stereocenters. The first-order valence-corrected chi connectivity index (χ1v) is 7.21. The van der Waals surface area contributed by atoms with Gasteiger partial charge in [-0.15, -0.1) is 0 Å². The predicted molar refractivity (Wildman–Crippen MR) is 72.1 cm³/mol. The van der Waals surface area contributed by atoms with Crippen LogP contribution in [-0.4, -0.2) is 31.6 Å². The standard InChI is InChI=1S/C14H28F2N2/c1-11(2)8-17-9-12(3)18-10-13-4-6-14(15,16)7-5-13/h11-13,17-18H,4-10H2,1-3H3. The van der Waals surface area contributed by atoms with Crippen LogP contribution >= 0.6 is 0 Å². The van der Waals surface area contributed by atoms with Crippen LogP contribution in [0.3, 0.4) is 0 Å². The summed E-state index contributed by atoms with van der Waals surface area (Å²) >= 11 is 0. The highest BCUT2D eigenvalue weighted by molar-refractivity contribution is 4.79. The third-order valence-electron chi connectivity index (χ3n) is 3.59. The number of nitrogens with one attached hydrogen (secondary N) is 2. The second-order valence-electron chi connectivity index (χ2n) is 6.16. The van der Waals surface area contributed by atoms with Crippen molar-refractivity contribution in [1.82, 2.24) is 10.6 Å². The quantitative estimate of drug-likeness (QED) is 0.737. The summed E-state index contributed by atoms with van der Waals surface area (Å²) in [6.45, 7) is 9.37. The molecule has 1 atom stereocenters. The van der Waals surface area contributed by atoms with E-state index in [1.54, 1.807) is 0 Å². The zero-order valence-corrected chi connectivity index (χ0v) is 11.9. The minimum absolute atomic E-state index is 0.0688. The molecule has 0 aromatic heterocycles. The van der Waals surface area contributed by atoms with Gasteiger partial charge in [-0.1, -0.05) is 13.8 Å². The van der Waals surface area contributed by atoms with Gasteiger partial charge in [0, 0.05) is 25.4 Å². The molecule has 1 rings (SSSR count). The fraction of sp³-hybridized carbons (Fsp3) is 1.00. The molecule has 1 aliphatic rings. The highest BCUT2D eigenvalue weighted by Gasteiger charge is 2.34. The van der Waals surface area contributed by atoms with Gasteiger partial charge in [0.05, 0.1) is 0 Å². The van der Waals surface area contributed by atoms with E-state index in [9.17, 15) is 8.78 Å². The first-order valence-electron chi connectivity index (χ1n) is 7.21. The average Bonchev–Trinajstić information content (AvgIpc) is 2.27. The number of rotatable bonds is 7. The van der Waals surface area contributed by atoms with Crippen molar-refractivity contribution in [3.05, 3.63) is 0 Å². The number of hydrogen-bond donors (Lipinski definition) is 2. The molecule has 2 N–H and O–H groups in total. The van der Waals surface area contributed by atoms with E-state index in [0.717, 1.165) is 19.6 Å². The molecule has 0 aromatic carbocycles. The van der Waals surface area contributed by atoms with Crippen molar-refractivity contribution in [1.29, 1.82) is 0 Å². The van der Waals surface area contributed by atoms with E-state index in [1.165, 1.54) is 0 Å². The maximum absolute atomic E-state index is 13.0. The van der Waals surface area contributed by atoms with E-state index in [-0.39, 0.29) is 12.8 Å². The van der Waals surface area contributed by atoms with Gasteiger partial charge in [-0.05, 0) is 44.7 Å². The molecule has 0 bridgehead atoms. The first kappa shape index (κ1) is 15.8. The molecular formula is C14H28F2N2. The van der Waals surface area contributed by atoms with E-state index < -0.39 is 5.92 Å². The monoisotopic (exact) mass is 262 g/mol. The van der Waals surface area contributed by atoms with Crippen molar-refractivity contribution in [3.8, 4) is 0 Å². The van der Waals surface area contributed by atoms with Gasteiger partial charge in [0.25, 0.3) is 0 Å².